The third-order valence-electron chi connectivity index (χ3n) is 1.77. The van der Waals surface area contributed by atoms with Crippen molar-refractivity contribution in [2.45, 2.75) is 45.0 Å². The summed E-state index contributed by atoms with van der Waals surface area (Å²) in [5.41, 5.74) is -0.493. The Labute approximate surface area is 77.6 Å². The molecule has 0 saturated carbocycles. The van der Waals surface area contributed by atoms with Crippen LogP contribution in [0.25, 0.3) is 0 Å². The number of alkyl halides is 1. The van der Waals surface area contributed by atoms with Crippen molar-refractivity contribution >= 4 is 5.97 Å². The third kappa shape index (κ3) is 3.30. The normalized spacial score (nSPS) is 28.9. The van der Waals surface area contributed by atoms with Crippen LogP contribution in [0.5, 0.6) is 0 Å². The summed E-state index contributed by atoms with van der Waals surface area (Å²) in [6, 6.07) is -0.464. The number of esters is 1. The van der Waals surface area contributed by atoms with Gasteiger partial charge in [-0.15, -0.1) is 0 Å². The van der Waals surface area contributed by atoms with Crippen LogP contribution < -0.4 is 5.32 Å². The predicted octanol–water partition coefficient (Wildman–Crippen LogP) is 1.03. The maximum atomic E-state index is 12.7. The van der Waals surface area contributed by atoms with Crippen molar-refractivity contribution in [3.8, 4) is 0 Å². The summed E-state index contributed by atoms with van der Waals surface area (Å²) in [5.74, 6) is -0.354. The Bertz CT molecular complexity index is 200. The second kappa shape index (κ2) is 3.62. The van der Waals surface area contributed by atoms with Gasteiger partial charge in [-0.2, -0.15) is 0 Å². The molecule has 0 aromatic rings. The maximum absolute atomic E-state index is 12.7. The fourth-order valence-electron chi connectivity index (χ4n) is 1.25. The number of ether oxygens (including phenoxy) is 1. The van der Waals surface area contributed by atoms with Crippen molar-refractivity contribution in [3.05, 3.63) is 0 Å². The fraction of sp³-hybridized carbons (Fsp3) is 0.889. The summed E-state index contributed by atoms with van der Waals surface area (Å²) >= 11 is 0. The number of carbonyl (C=O) groups excluding carboxylic acids is 1. The molecule has 1 rings (SSSR count). The van der Waals surface area contributed by atoms with E-state index in [-0.39, 0.29) is 18.9 Å². The molecular weight excluding hydrogens is 173 g/mol. The van der Waals surface area contributed by atoms with Gasteiger partial charge in [-0.3, -0.25) is 4.79 Å². The molecule has 0 aliphatic carbocycles. The van der Waals surface area contributed by atoms with E-state index in [2.05, 4.69) is 5.32 Å². The first-order chi connectivity index (χ1) is 5.88. The van der Waals surface area contributed by atoms with E-state index in [0.717, 1.165) is 0 Å². The van der Waals surface area contributed by atoms with Crippen LogP contribution in [0.1, 0.15) is 27.2 Å². The summed E-state index contributed by atoms with van der Waals surface area (Å²) in [7, 11) is 0. The van der Waals surface area contributed by atoms with Crippen LogP contribution in [0.3, 0.4) is 0 Å². The van der Waals surface area contributed by atoms with E-state index in [1.54, 1.807) is 20.8 Å². The van der Waals surface area contributed by atoms with E-state index in [0.29, 0.717) is 0 Å². The highest BCUT2D eigenvalue weighted by Gasteiger charge is 2.32. The number of hydrogen-bond donors (Lipinski definition) is 1. The zero-order valence-electron chi connectivity index (χ0n) is 8.26. The van der Waals surface area contributed by atoms with Gasteiger partial charge in [-0.1, -0.05) is 0 Å². The summed E-state index contributed by atoms with van der Waals surface area (Å²) < 4.78 is 17.8. The van der Waals surface area contributed by atoms with Gasteiger partial charge in [-0.25, -0.2) is 4.39 Å². The highest BCUT2D eigenvalue weighted by Crippen LogP contribution is 2.15. The smallest absolute Gasteiger partial charge is 0.323 e. The molecule has 76 valence electrons. The lowest BCUT2D eigenvalue weighted by Crippen LogP contribution is -2.37. The first kappa shape index (κ1) is 10.4. The van der Waals surface area contributed by atoms with E-state index in [9.17, 15) is 9.18 Å². The molecule has 0 aromatic heterocycles. The first-order valence-corrected chi connectivity index (χ1v) is 4.49. The first-order valence-electron chi connectivity index (χ1n) is 4.49. The van der Waals surface area contributed by atoms with Gasteiger partial charge in [-0.05, 0) is 20.8 Å². The molecular formula is C9H16FNO2. The van der Waals surface area contributed by atoms with Crippen molar-refractivity contribution < 1.29 is 13.9 Å². The highest BCUT2D eigenvalue weighted by molar-refractivity contribution is 5.76. The second-order valence-corrected chi connectivity index (χ2v) is 4.33. The minimum atomic E-state index is -0.919. The van der Waals surface area contributed by atoms with Crippen molar-refractivity contribution in [2.24, 2.45) is 0 Å². The lowest BCUT2D eigenvalue weighted by Gasteiger charge is -2.21. The van der Waals surface area contributed by atoms with Gasteiger partial charge in [0.2, 0.25) is 0 Å². The summed E-state index contributed by atoms with van der Waals surface area (Å²) in [5, 5.41) is 2.78. The lowest BCUT2D eigenvalue weighted by atomic mass is 10.1. The Morgan fingerprint density at radius 2 is 2.15 bits per heavy atom. The van der Waals surface area contributed by atoms with Gasteiger partial charge in [0.25, 0.3) is 0 Å². The molecule has 2 unspecified atom stereocenters. The van der Waals surface area contributed by atoms with E-state index in [4.69, 9.17) is 4.74 Å². The van der Waals surface area contributed by atoms with E-state index >= 15 is 0 Å². The standard InChI is InChI=1S/C9H16FNO2/c1-9(2,3)13-8(12)7-4-6(10)5-11-7/h6-7,11H,4-5H2,1-3H3. The van der Waals surface area contributed by atoms with Crippen LogP contribution in [-0.2, 0) is 9.53 Å². The van der Waals surface area contributed by atoms with Gasteiger partial charge < -0.3 is 10.1 Å². The highest BCUT2D eigenvalue weighted by atomic mass is 19.1. The molecule has 0 amide bonds. The SMILES string of the molecule is CC(C)(C)OC(=O)C1CC(F)CN1. The Morgan fingerprint density at radius 3 is 2.54 bits per heavy atom. The van der Waals surface area contributed by atoms with E-state index < -0.39 is 17.8 Å². The van der Waals surface area contributed by atoms with Gasteiger partial charge in [0.05, 0.1) is 0 Å². The molecule has 0 spiro atoms. The van der Waals surface area contributed by atoms with Crippen molar-refractivity contribution in [1.82, 2.24) is 5.32 Å². The maximum Gasteiger partial charge on any atom is 0.323 e. The molecule has 0 aromatic carbocycles. The fourth-order valence-corrected chi connectivity index (χ4v) is 1.25. The Hall–Kier alpha value is -0.640. The Balaban J connectivity index is 2.41. The van der Waals surface area contributed by atoms with Crippen LogP contribution in [0.2, 0.25) is 0 Å². The molecule has 1 N–H and O–H groups in total. The Morgan fingerprint density at radius 1 is 1.54 bits per heavy atom. The lowest BCUT2D eigenvalue weighted by molar-refractivity contribution is -0.157. The van der Waals surface area contributed by atoms with Crippen LogP contribution in [0.4, 0.5) is 4.39 Å². The number of carbonyl (C=O) groups is 1. The number of nitrogens with one attached hydrogen (secondary N) is 1. The number of hydrogen-bond acceptors (Lipinski definition) is 3. The second-order valence-electron chi connectivity index (χ2n) is 4.33. The minimum absolute atomic E-state index is 0.231. The van der Waals surface area contributed by atoms with Gasteiger partial charge >= 0.3 is 5.97 Å². The van der Waals surface area contributed by atoms with Crippen LogP contribution in [0.15, 0.2) is 0 Å². The van der Waals surface area contributed by atoms with Crippen LogP contribution >= 0.6 is 0 Å². The van der Waals surface area contributed by atoms with Crippen molar-refractivity contribution in [1.29, 1.82) is 0 Å². The monoisotopic (exact) mass is 189 g/mol. The predicted molar refractivity (Wildman–Crippen MR) is 47.1 cm³/mol. The molecule has 0 bridgehead atoms. The molecule has 2 atom stereocenters. The van der Waals surface area contributed by atoms with Gasteiger partial charge in [0.1, 0.15) is 17.8 Å². The Kier molecular flexibility index (Phi) is 2.91. The van der Waals surface area contributed by atoms with Crippen LogP contribution in [0, 0.1) is 0 Å². The van der Waals surface area contributed by atoms with Gasteiger partial charge in [0, 0.05) is 13.0 Å². The largest absolute Gasteiger partial charge is 0.459 e. The zero-order chi connectivity index (χ0) is 10.1. The van der Waals surface area contributed by atoms with Crippen molar-refractivity contribution in [2.75, 3.05) is 6.54 Å². The molecule has 1 aliphatic rings. The molecule has 1 heterocycles. The van der Waals surface area contributed by atoms with Crippen molar-refractivity contribution in [3.63, 3.8) is 0 Å². The molecule has 1 fully saturated rings. The molecule has 3 nitrogen and oxygen atoms in total. The molecule has 1 saturated heterocycles. The number of halogens is 1. The van der Waals surface area contributed by atoms with Gasteiger partial charge in [0.15, 0.2) is 0 Å². The average molecular weight is 189 g/mol. The molecule has 0 radical (unpaired) electrons. The van der Waals surface area contributed by atoms with Crippen LogP contribution in [-0.4, -0.2) is 30.3 Å². The zero-order valence-corrected chi connectivity index (χ0v) is 8.26. The minimum Gasteiger partial charge on any atom is -0.459 e. The molecule has 13 heavy (non-hydrogen) atoms. The van der Waals surface area contributed by atoms with E-state index in [1.165, 1.54) is 0 Å². The van der Waals surface area contributed by atoms with E-state index in [1.807, 2.05) is 0 Å². The summed E-state index contributed by atoms with van der Waals surface area (Å²) in [6.45, 7) is 5.65. The summed E-state index contributed by atoms with van der Waals surface area (Å²) in [6.07, 6.45) is -0.688. The summed E-state index contributed by atoms with van der Waals surface area (Å²) in [4.78, 5) is 11.4. The quantitative estimate of drug-likeness (QED) is 0.626. The molecule has 4 heteroatoms. The third-order valence-corrected chi connectivity index (χ3v) is 1.77. The number of rotatable bonds is 1. The average Bonchev–Trinajstić information content (AvgIpc) is 2.31. The molecule has 1 aliphatic heterocycles. The topological polar surface area (TPSA) is 38.3 Å².